The number of aliphatic hydroxyl groups excluding tert-OH is 1. The van der Waals surface area contributed by atoms with Crippen LogP contribution in [0.1, 0.15) is 33.1 Å². The van der Waals surface area contributed by atoms with E-state index >= 15 is 0 Å². The van der Waals surface area contributed by atoms with Crippen LogP contribution in [0.5, 0.6) is 0 Å². The van der Waals surface area contributed by atoms with Gasteiger partial charge in [0, 0.05) is 11.2 Å². The van der Waals surface area contributed by atoms with Crippen molar-refractivity contribution in [1.29, 1.82) is 0 Å². The summed E-state index contributed by atoms with van der Waals surface area (Å²) in [4.78, 5) is 0. The lowest BCUT2D eigenvalue weighted by atomic mass is 9.70. The van der Waals surface area contributed by atoms with Gasteiger partial charge in [-0.3, -0.25) is 5.14 Å². The van der Waals surface area contributed by atoms with E-state index in [1.54, 1.807) is 0 Å². The van der Waals surface area contributed by atoms with Gasteiger partial charge in [0.05, 0.1) is 17.1 Å². The fraction of sp³-hybridized carbons (Fsp3) is 1.00. The molecule has 82 valence electrons. The molecule has 0 saturated heterocycles. The van der Waals surface area contributed by atoms with Crippen LogP contribution in [0.2, 0.25) is 0 Å². The Bertz CT molecular complexity index is 279. The van der Waals surface area contributed by atoms with Crippen LogP contribution in [0.25, 0.3) is 0 Å². The third-order valence-corrected chi connectivity index (χ3v) is 5.59. The highest BCUT2D eigenvalue weighted by atomic mass is 32.2. The van der Waals surface area contributed by atoms with E-state index in [1.807, 2.05) is 0 Å². The van der Waals surface area contributed by atoms with Gasteiger partial charge in [-0.15, -0.1) is 0 Å². The maximum Gasteiger partial charge on any atom is 0.0894 e. The van der Waals surface area contributed by atoms with Gasteiger partial charge in [-0.25, -0.2) is 4.21 Å². The van der Waals surface area contributed by atoms with Gasteiger partial charge >= 0.3 is 0 Å². The van der Waals surface area contributed by atoms with Crippen molar-refractivity contribution in [2.24, 2.45) is 21.9 Å². The highest BCUT2D eigenvalue weighted by molar-refractivity contribution is 7.82. The molecule has 0 heterocycles. The second-order valence-corrected chi connectivity index (χ2v) is 6.44. The van der Waals surface area contributed by atoms with Crippen LogP contribution < -0.4 is 5.14 Å². The minimum Gasteiger partial charge on any atom is -0.392 e. The molecule has 2 saturated carbocycles. The van der Waals surface area contributed by atoms with Crippen molar-refractivity contribution < 1.29 is 9.32 Å². The molecule has 2 fully saturated rings. The Balaban J connectivity index is 2.34. The lowest BCUT2D eigenvalue weighted by molar-refractivity contribution is 0.0160. The molecule has 1 unspecified atom stereocenters. The third kappa shape index (κ3) is 1.14. The van der Waals surface area contributed by atoms with Crippen molar-refractivity contribution >= 4 is 11.0 Å². The summed E-state index contributed by atoms with van der Waals surface area (Å²) in [6, 6.07) is 0. The Morgan fingerprint density at radius 1 is 1.57 bits per heavy atom. The lowest BCUT2D eigenvalue weighted by Crippen LogP contribution is -2.44. The second-order valence-electron chi connectivity index (χ2n) is 5.39. The Morgan fingerprint density at radius 2 is 2.21 bits per heavy atom. The van der Waals surface area contributed by atoms with E-state index in [2.05, 4.69) is 13.8 Å². The Morgan fingerprint density at radius 3 is 2.57 bits per heavy atom. The maximum atomic E-state index is 11.2. The van der Waals surface area contributed by atoms with Gasteiger partial charge < -0.3 is 5.11 Å². The molecular formula is C10H19NO2S. The second kappa shape index (κ2) is 3.03. The number of hydrogen-bond donors (Lipinski definition) is 2. The summed E-state index contributed by atoms with van der Waals surface area (Å²) in [6.45, 7) is 4.38. The molecule has 0 radical (unpaired) electrons. The van der Waals surface area contributed by atoms with Crippen LogP contribution in [0, 0.1) is 16.7 Å². The minimum atomic E-state index is -1.30. The average Bonchev–Trinajstić information content (AvgIpc) is 2.36. The summed E-state index contributed by atoms with van der Waals surface area (Å²) in [5.74, 6) is 1.04. The van der Waals surface area contributed by atoms with Crippen molar-refractivity contribution in [2.75, 3.05) is 5.75 Å². The molecule has 3 nitrogen and oxygen atoms in total. The molecule has 0 aromatic rings. The van der Waals surface area contributed by atoms with Crippen LogP contribution in [0.3, 0.4) is 0 Å². The van der Waals surface area contributed by atoms with Gasteiger partial charge in [-0.1, -0.05) is 13.8 Å². The number of rotatable bonds is 2. The largest absolute Gasteiger partial charge is 0.392 e. The molecule has 0 amide bonds. The van der Waals surface area contributed by atoms with E-state index in [-0.39, 0.29) is 16.9 Å². The van der Waals surface area contributed by atoms with Crippen LogP contribution >= 0.6 is 0 Å². The quantitative estimate of drug-likeness (QED) is 0.718. The molecule has 0 aromatic carbocycles. The smallest absolute Gasteiger partial charge is 0.0894 e. The lowest BCUT2D eigenvalue weighted by Gasteiger charge is -2.39. The van der Waals surface area contributed by atoms with Crippen molar-refractivity contribution in [3.8, 4) is 0 Å². The maximum absolute atomic E-state index is 11.2. The first-order chi connectivity index (χ1) is 6.40. The van der Waals surface area contributed by atoms with Crippen LogP contribution in [-0.4, -0.2) is 21.2 Å². The molecule has 2 bridgehead atoms. The first-order valence-corrected chi connectivity index (χ1v) is 6.59. The molecule has 14 heavy (non-hydrogen) atoms. The fourth-order valence-electron chi connectivity index (χ4n) is 3.63. The van der Waals surface area contributed by atoms with E-state index < -0.39 is 11.0 Å². The molecule has 4 atom stereocenters. The van der Waals surface area contributed by atoms with Crippen LogP contribution in [0.4, 0.5) is 0 Å². The van der Waals surface area contributed by atoms with E-state index in [0.717, 1.165) is 19.3 Å². The molecule has 2 rings (SSSR count). The summed E-state index contributed by atoms with van der Waals surface area (Å²) in [7, 11) is -1.30. The molecule has 2 aliphatic carbocycles. The number of hydrogen-bond acceptors (Lipinski definition) is 2. The van der Waals surface area contributed by atoms with Gasteiger partial charge in [0.15, 0.2) is 0 Å². The summed E-state index contributed by atoms with van der Waals surface area (Å²) in [5, 5.41) is 15.5. The first kappa shape index (κ1) is 10.6. The topological polar surface area (TPSA) is 63.3 Å². The Kier molecular flexibility index (Phi) is 2.29. The monoisotopic (exact) mass is 217 g/mol. The van der Waals surface area contributed by atoms with Gasteiger partial charge in [-0.2, -0.15) is 0 Å². The van der Waals surface area contributed by atoms with Crippen molar-refractivity contribution in [3.05, 3.63) is 0 Å². The van der Waals surface area contributed by atoms with Gasteiger partial charge in [0.2, 0.25) is 0 Å². The molecule has 3 N–H and O–H groups in total. The molecule has 0 aliphatic heterocycles. The van der Waals surface area contributed by atoms with Crippen LogP contribution in [-0.2, 0) is 11.0 Å². The molecule has 2 aliphatic rings. The SMILES string of the molecule is CC1(C)[C@@H]2CC[C@@]1(CS(N)=O)[C@H](O)C2. The zero-order valence-electron chi connectivity index (χ0n) is 8.82. The van der Waals surface area contributed by atoms with Crippen LogP contribution in [0.15, 0.2) is 0 Å². The Hall–Kier alpha value is 0.0700. The summed E-state index contributed by atoms with van der Waals surface area (Å²) in [6.07, 6.45) is 2.70. The van der Waals surface area contributed by atoms with E-state index in [1.165, 1.54) is 0 Å². The average molecular weight is 217 g/mol. The fourth-order valence-corrected chi connectivity index (χ4v) is 4.85. The van der Waals surface area contributed by atoms with Crippen molar-refractivity contribution in [1.82, 2.24) is 0 Å². The summed E-state index contributed by atoms with van der Waals surface area (Å²) in [5.41, 5.74) is -0.0846. The van der Waals surface area contributed by atoms with E-state index in [4.69, 9.17) is 5.14 Å². The first-order valence-electron chi connectivity index (χ1n) is 5.21. The zero-order chi connectivity index (χ0) is 10.6. The number of aliphatic hydroxyl groups is 1. The molecule has 0 spiro atoms. The normalized spacial score (nSPS) is 46.9. The van der Waals surface area contributed by atoms with Crippen molar-refractivity contribution in [2.45, 2.75) is 39.2 Å². The number of fused-ring (bicyclic) bond motifs is 2. The van der Waals surface area contributed by atoms with E-state index in [9.17, 15) is 9.32 Å². The predicted molar refractivity (Wildman–Crippen MR) is 56.8 cm³/mol. The highest BCUT2D eigenvalue weighted by Crippen LogP contribution is 2.65. The molecule has 4 heteroatoms. The minimum absolute atomic E-state index is 0.0987. The van der Waals surface area contributed by atoms with Gasteiger partial charge in [0.25, 0.3) is 0 Å². The summed E-state index contributed by atoms with van der Waals surface area (Å²) < 4.78 is 11.2. The van der Waals surface area contributed by atoms with E-state index in [0.29, 0.717) is 11.7 Å². The predicted octanol–water partition coefficient (Wildman–Crippen LogP) is 0.796. The number of nitrogens with two attached hydrogens (primary N) is 1. The molecular weight excluding hydrogens is 198 g/mol. The highest BCUT2D eigenvalue weighted by Gasteiger charge is 2.63. The standard InChI is InChI=1S/C10H19NO2S/c1-9(2)7-3-4-10(9,6-14(11)13)8(12)5-7/h7-8,12H,3-6,11H2,1-2H3/t7-,8-,10-,14?/m1/s1. The van der Waals surface area contributed by atoms with Crippen molar-refractivity contribution in [3.63, 3.8) is 0 Å². The zero-order valence-corrected chi connectivity index (χ0v) is 9.64. The third-order valence-electron chi connectivity index (χ3n) is 4.79. The van der Waals surface area contributed by atoms with Gasteiger partial charge in [-0.05, 0) is 30.6 Å². The van der Waals surface area contributed by atoms with Gasteiger partial charge in [0.1, 0.15) is 0 Å². The Labute approximate surface area is 87.7 Å². The molecule has 0 aromatic heterocycles. The summed E-state index contributed by atoms with van der Waals surface area (Å²) >= 11 is 0.